The van der Waals surface area contributed by atoms with Crippen LogP contribution in [0.4, 0.5) is 95.9 Å². The molecule has 646 valence electrons. The van der Waals surface area contributed by atoms with Crippen LogP contribution in [0.25, 0.3) is 0 Å². The number of rotatable bonds is 11. The monoisotopic (exact) mass is 1900 g/mol. The van der Waals surface area contributed by atoms with Gasteiger partial charge >= 0.3 is 146 Å². The molecule has 27 nitrogen and oxygen atoms in total. The Bertz CT molecular complexity index is 4620. The van der Waals surface area contributed by atoms with Crippen LogP contribution in [0.2, 0.25) is 30.9 Å². The average molecular weight is 1900 g/mol. The zero-order valence-corrected chi connectivity index (χ0v) is 75.6. The zero-order chi connectivity index (χ0) is 87.1. The van der Waals surface area contributed by atoms with Gasteiger partial charge in [0.25, 0.3) is 12.4 Å². The van der Waals surface area contributed by atoms with Gasteiger partial charge in [0.15, 0.2) is 27.8 Å². The maximum atomic E-state index is 13.1. The summed E-state index contributed by atoms with van der Waals surface area (Å²) in [6.45, 7) is 11.7. The number of alkyl halides is 13. The molecule has 0 radical (unpaired) electrons. The number of piperazine rings is 3. The van der Waals surface area contributed by atoms with Crippen LogP contribution in [0.5, 0.6) is 5.88 Å². The third-order valence-corrected chi connectivity index (χ3v) is 17.2. The summed E-state index contributed by atoms with van der Waals surface area (Å²) in [4.78, 5) is 98.1. The molecule has 48 heteroatoms. The number of aliphatic hydroxyl groups excluding tert-OH is 1. The number of aliphatic hydroxyl groups is 1. The summed E-state index contributed by atoms with van der Waals surface area (Å²) in [6, 6.07) is 14.2. The van der Waals surface area contributed by atoms with Crippen molar-refractivity contribution in [1.29, 1.82) is 0 Å². The predicted molar refractivity (Wildman–Crippen MR) is 421 cm³/mol. The predicted octanol–water partition coefficient (Wildman–Crippen LogP) is 11.1. The van der Waals surface area contributed by atoms with Crippen molar-refractivity contribution in [3.8, 4) is 5.88 Å². The molecule has 10 heterocycles. The summed E-state index contributed by atoms with van der Waals surface area (Å²) in [5, 5.41) is 23.6. The van der Waals surface area contributed by atoms with Gasteiger partial charge < -0.3 is 66.2 Å². The third kappa shape index (κ3) is 38.3. The van der Waals surface area contributed by atoms with Gasteiger partial charge in [-0.3, -0.25) is 4.79 Å². The first kappa shape index (κ1) is 108. The first-order chi connectivity index (χ1) is 55.6. The minimum atomic E-state index is -5.02. The number of hydrogen-bond acceptors (Lipinski definition) is 22. The Morgan fingerprint density at radius 1 is 0.463 bits per heavy atom. The van der Waals surface area contributed by atoms with E-state index in [1.807, 2.05) is 50.8 Å². The molecule has 0 bridgehead atoms. The molecule has 9 aromatic rings. The van der Waals surface area contributed by atoms with Crippen LogP contribution in [-0.2, 0) is 58.2 Å². The average Bonchev–Trinajstić information content (AvgIpc) is 0.792. The Hall–Kier alpha value is -6.86. The first-order valence-electron chi connectivity index (χ1n) is 34.2. The van der Waals surface area contributed by atoms with Crippen LogP contribution >= 0.6 is 81.2 Å². The number of urea groups is 2. The number of carbonyl (C=O) groups is 4. The van der Waals surface area contributed by atoms with Gasteiger partial charge in [-0.05, 0) is 135 Å². The quantitative estimate of drug-likeness (QED) is 0.0206. The molecule has 0 aliphatic carbocycles. The van der Waals surface area contributed by atoms with Crippen molar-refractivity contribution >= 4 is 135 Å². The van der Waals surface area contributed by atoms with E-state index < -0.39 is 76.0 Å². The Labute approximate surface area is 807 Å². The van der Waals surface area contributed by atoms with E-state index in [4.69, 9.17) is 106 Å². The number of nitrogens with zero attached hydrogens (tertiary/aromatic N) is 16. The molecule has 3 saturated heterocycles. The fraction of sp³-hybridized carbons (Fsp3) is 0.342. The molecule has 0 spiro atoms. The second kappa shape index (κ2) is 52.2. The number of benzene rings is 2. The number of nitrogens with one attached hydrogen (secondary N) is 2. The van der Waals surface area contributed by atoms with E-state index in [2.05, 4.69) is 65.4 Å². The Kier molecular flexibility index (Phi) is 46.7. The van der Waals surface area contributed by atoms with Crippen LogP contribution < -0.4 is 138 Å². The van der Waals surface area contributed by atoms with E-state index in [0.29, 0.717) is 113 Å². The Balaban J connectivity index is 0.000000532. The van der Waals surface area contributed by atoms with E-state index in [1.54, 1.807) is 76.0 Å². The molecule has 2 aromatic carbocycles. The Morgan fingerprint density at radius 3 is 1.10 bits per heavy atom. The van der Waals surface area contributed by atoms with Crippen molar-refractivity contribution in [2.75, 3.05) is 104 Å². The number of aromatic nitrogens is 10. The molecule has 0 unspecified atom stereocenters. The second-order valence-corrected chi connectivity index (χ2v) is 27.8. The number of amides is 5. The van der Waals surface area contributed by atoms with Gasteiger partial charge in [0, 0.05) is 158 Å². The maximum absolute atomic E-state index is 13.1. The smallest absolute Gasteiger partial charge is 1.00 e. The minimum absolute atomic E-state index is 0. The van der Waals surface area contributed by atoms with E-state index in [0.717, 1.165) is 22.3 Å². The number of carbonyl (C=O) groups excluding carboxylic acids is 4. The molecule has 121 heavy (non-hydrogen) atoms. The van der Waals surface area contributed by atoms with Gasteiger partial charge in [0.1, 0.15) is 32.8 Å². The van der Waals surface area contributed by atoms with Gasteiger partial charge in [-0.25, -0.2) is 64.2 Å². The largest absolute Gasteiger partial charge is 1.00 e. The number of halogens is 19. The summed E-state index contributed by atoms with van der Waals surface area (Å²) in [5.74, 6) is 2.23. The molecule has 3 aliphatic rings. The standard InChI is InChI=1S/C23H19ClF6N6O2.C17H14ClF6N5O.C13H19ClN4O2.C6H5Cl2N.C6H6ClNO.C6H6ClN.CH2O3.CH4.2K.H/c24-18-9-14(1-2-31-18)13-38-20-19(32-3-4-33-20)35-5-7-36(8-6-35)21(37)34-17-11-15(22(25,26)27)10-16(12-17)23(28,29)30;18-13-14(26-2-1-25-13)28-3-5-29(6-4-28)15(30)27-12-8-10(16(19,20)21)7-11(9-12)17(22,23)24;1-13(2,3)20-12(19)18-8-6-17(7-9-18)11-10(14)15-4-5-16-11;7-4-5-1-2-9-6(8)3-5;7-6-3-5(4-9)1-2-8-6;1-5-2-3-8-6(7)4-5;2-1-4-3;;;;/h1-4,9-12H,5-8,13H2,(H,34,37);1-2,7-9H,3-6H2,(H,27,30);4-5H,6-9H2,1-3H3;1-3H,4H2;1-3,9H,4H2;2-4H,1H3;1,3H;1H4;;;/q;;;;;;;;2*+1;-1/p-1. The summed E-state index contributed by atoms with van der Waals surface area (Å²) in [5.41, 5.74) is -4.04. The summed E-state index contributed by atoms with van der Waals surface area (Å²) in [6.07, 6.45) is -4.93. The van der Waals surface area contributed by atoms with Crippen molar-refractivity contribution in [2.45, 2.75) is 84.5 Å². The topological polar surface area (TPSA) is 312 Å². The summed E-state index contributed by atoms with van der Waals surface area (Å²) in [7, 11) is 0. The van der Waals surface area contributed by atoms with Gasteiger partial charge in [-0.2, -0.15) is 52.7 Å². The van der Waals surface area contributed by atoms with Crippen molar-refractivity contribution < 1.29 is 201 Å². The van der Waals surface area contributed by atoms with Crippen molar-refractivity contribution in [3.63, 3.8) is 0 Å². The fourth-order valence-electron chi connectivity index (χ4n) is 10.1. The Morgan fingerprint density at radius 2 is 0.785 bits per heavy atom. The van der Waals surface area contributed by atoms with E-state index in [-0.39, 0.29) is 200 Å². The third-order valence-electron chi connectivity index (χ3n) is 15.6. The number of hydrogen-bond donors (Lipinski definition) is 3. The van der Waals surface area contributed by atoms with Crippen LogP contribution in [-0.4, -0.2) is 178 Å². The van der Waals surface area contributed by atoms with Gasteiger partial charge in [0.2, 0.25) is 0 Å². The molecule has 3 aliphatic heterocycles. The van der Waals surface area contributed by atoms with Gasteiger partial charge in [-0.15, -0.1) is 11.6 Å². The van der Waals surface area contributed by atoms with E-state index in [9.17, 15) is 67.1 Å². The zero-order valence-electron chi connectivity index (χ0n) is 65.1. The van der Waals surface area contributed by atoms with Gasteiger partial charge in [0.05, 0.1) is 28.9 Å². The maximum Gasteiger partial charge on any atom is 1.00 e. The minimum Gasteiger partial charge on any atom is -1.00 e. The van der Waals surface area contributed by atoms with Crippen molar-refractivity contribution in [1.82, 2.24) is 64.5 Å². The molecular weight excluding hydrogens is 1830 g/mol. The molecule has 5 amide bonds. The summed E-state index contributed by atoms with van der Waals surface area (Å²) >= 11 is 40.0. The number of anilines is 5. The fourth-order valence-corrected chi connectivity index (χ4v) is 11.5. The van der Waals surface area contributed by atoms with E-state index in [1.165, 1.54) is 40.8 Å². The first-order valence-corrected chi connectivity index (χ1v) is 37.0. The SMILES string of the molecule is C.CC(C)(C)OC(=O)N1CCN(c2nccnc2Cl)CC1.Cc1ccnc(Cl)c1.ClCc1ccnc(Cl)c1.O=C(Nc1cc(C(F)(F)F)cc(C(F)(F)F)c1)N1CCN(c2nccnc2Cl)CC1.O=C(Nc1cc(C(F)(F)F)cc(C(F)(F)F)c1)N1CCN(c2nccnc2OCc2ccnc(Cl)c2)CC1.O=CO[O-].OCc1ccnc(Cl)c1.[H-].[K+].[K+]. The molecule has 7 aromatic heterocycles. The number of pyridine rings is 4. The van der Waals surface area contributed by atoms with Crippen LogP contribution in [0.3, 0.4) is 0 Å². The molecule has 3 fully saturated rings. The molecule has 0 atom stereocenters. The van der Waals surface area contributed by atoms with Crippen molar-refractivity contribution in [3.05, 3.63) is 222 Å². The normalized spacial score (nSPS) is 13.2. The molecule has 3 N–H and O–H groups in total. The molecule has 12 rings (SSSR count). The number of ether oxygens (including phenoxy) is 2. The van der Waals surface area contributed by atoms with Gasteiger partial charge in [-0.1, -0.05) is 77.0 Å². The molecular formula is C73H75Cl7F12K2N18O9. The molecule has 0 saturated carbocycles. The number of aryl methyl sites for hydroxylation is 1. The second-order valence-electron chi connectivity index (χ2n) is 25.3. The van der Waals surface area contributed by atoms with E-state index >= 15 is 0 Å². The van der Waals surface area contributed by atoms with Crippen LogP contribution in [0, 0.1) is 6.92 Å². The van der Waals surface area contributed by atoms with Crippen LogP contribution in [0.1, 0.15) is 74.1 Å². The summed E-state index contributed by atoms with van der Waals surface area (Å²) < 4.78 is 167. The van der Waals surface area contributed by atoms with Crippen LogP contribution in [0.15, 0.2) is 147 Å². The van der Waals surface area contributed by atoms with Crippen molar-refractivity contribution in [2.24, 2.45) is 0 Å².